The molecule has 0 atom stereocenters. The summed E-state index contributed by atoms with van der Waals surface area (Å²) in [4.78, 5) is 16.0. The largest absolute Gasteiger partial charge is 0.337 e. The van der Waals surface area contributed by atoms with Crippen LogP contribution in [0.4, 0.5) is 10.5 Å². The van der Waals surface area contributed by atoms with Gasteiger partial charge in [-0.05, 0) is 17.0 Å². The number of hydrogen-bond acceptors (Lipinski definition) is 2. The van der Waals surface area contributed by atoms with Gasteiger partial charge in [0.05, 0.1) is 11.9 Å². The van der Waals surface area contributed by atoms with Crippen molar-refractivity contribution >= 4 is 11.7 Å². The molecule has 2 amide bonds. The Labute approximate surface area is 125 Å². The third-order valence-electron chi connectivity index (χ3n) is 2.88. The summed E-state index contributed by atoms with van der Waals surface area (Å²) in [5, 5.41) is 5.66. The maximum absolute atomic E-state index is 11.9. The van der Waals surface area contributed by atoms with Crippen molar-refractivity contribution in [2.24, 2.45) is 5.41 Å². The van der Waals surface area contributed by atoms with Crippen LogP contribution in [0.2, 0.25) is 0 Å². The molecule has 0 unspecified atom stereocenters. The second kappa shape index (κ2) is 6.39. The van der Waals surface area contributed by atoms with E-state index in [9.17, 15) is 4.79 Å². The van der Waals surface area contributed by atoms with Crippen molar-refractivity contribution in [2.75, 3.05) is 11.9 Å². The lowest BCUT2D eigenvalue weighted by atomic mass is 9.97. The number of urea groups is 1. The molecule has 4 heteroatoms. The molecule has 0 saturated heterocycles. The summed E-state index contributed by atoms with van der Waals surface area (Å²) in [7, 11) is 0. The molecule has 0 bridgehead atoms. The smallest absolute Gasteiger partial charge is 0.319 e. The van der Waals surface area contributed by atoms with Gasteiger partial charge >= 0.3 is 6.03 Å². The number of carbonyl (C=O) groups excluding carboxylic acids is 1. The number of pyridine rings is 1. The van der Waals surface area contributed by atoms with E-state index in [2.05, 4.69) is 36.4 Å². The molecule has 0 radical (unpaired) electrons. The Kier molecular flexibility index (Phi) is 4.58. The molecule has 1 aromatic heterocycles. The van der Waals surface area contributed by atoms with Crippen molar-refractivity contribution < 1.29 is 4.79 Å². The van der Waals surface area contributed by atoms with E-state index in [1.54, 1.807) is 12.4 Å². The van der Waals surface area contributed by atoms with Crippen molar-refractivity contribution in [1.82, 2.24) is 10.3 Å². The molecule has 0 spiro atoms. The van der Waals surface area contributed by atoms with Gasteiger partial charge in [0, 0.05) is 18.3 Å². The van der Waals surface area contributed by atoms with Gasteiger partial charge in [0.25, 0.3) is 0 Å². The Hall–Kier alpha value is -2.36. The highest BCUT2D eigenvalue weighted by molar-refractivity contribution is 5.89. The molecule has 1 heterocycles. The van der Waals surface area contributed by atoms with Gasteiger partial charge in [0.2, 0.25) is 0 Å². The van der Waals surface area contributed by atoms with Crippen LogP contribution in [0.15, 0.2) is 48.8 Å². The molecule has 0 aliphatic rings. The lowest BCUT2D eigenvalue weighted by molar-refractivity contribution is 0.247. The fourth-order valence-corrected chi connectivity index (χ4v) is 1.82. The minimum atomic E-state index is -0.211. The van der Waals surface area contributed by atoms with Crippen molar-refractivity contribution in [3.63, 3.8) is 0 Å². The monoisotopic (exact) mass is 283 g/mol. The Morgan fingerprint density at radius 1 is 1.10 bits per heavy atom. The quantitative estimate of drug-likeness (QED) is 0.897. The van der Waals surface area contributed by atoms with E-state index in [4.69, 9.17) is 0 Å². The summed E-state index contributed by atoms with van der Waals surface area (Å²) in [6.45, 7) is 6.84. The maximum atomic E-state index is 11.9. The van der Waals surface area contributed by atoms with Gasteiger partial charge in [0.15, 0.2) is 0 Å². The van der Waals surface area contributed by atoms with Crippen LogP contribution in [0.5, 0.6) is 0 Å². The predicted octanol–water partition coefficient (Wildman–Crippen LogP) is 3.92. The van der Waals surface area contributed by atoms with Crippen LogP contribution in [-0.4, -0.2) is 17.6 Å². The van der Waals surface area contributed by atoms with E-state index in [1.807, 2.05) is 36.4 Å². The topological polar surface area (TPSA) is 54.0 Å². The van der Waals surface area contributed by atoms with Gasteiger partial charge in [-0.3, -0.25) is 4.98 Å². The number of nitrogens with zero attached hydrogens (tertiary/aromatic N) is 1. The van der Waals surface area contributed by atoms with E-state index in [-0.39, 0.29) is 11.4 Å². The lowest BCUT2D eigenvalue weighted by Crippen LogP contribution is -2.35. The fourth-order valence-electron chi connectivity index (χ4n) is 1.82. The third kappa shape index (κ3) is 4.91. The Balaban J connectivity index is 2.03. The first-order chi connectivity index (χ1) is 9.94. The highest BCUT2D eigenvalue weighted by Gasteiger charge is 2.12. The van der Waals surface area contributed by atoms with Crippen LogP contribution in [0.3, 0.4) is 0 Å². The molecular formula is C17H21N3O. The Morgan fingerprint density at radius 3 is 2.48 bits per heavy atom. The number of aromatic nitrogens is 1. The standard InChI is InChI=1S/C17H21N3O/c1-17(2,3)12-19-16(21)20-15-9-14(10-18-11-15)13-7-5-4-6-8-13/h4-11H,12H2,1-3H3,(H2,19,20,21). The van der Waals surface area contributed by atoms with Crippen LogP contribution < -0.4 is 10.6 Å². The molecule has 0 aliphatic carbocycles. The number of amides is 2. The zero-order valence-electron chi connectivity index (χ0n) is 12.7. The summed E-state index contributed by atoms with van der Waals surface area (Å²) in [5.41, 5.74) is 2.79. The molecule has 2 N–H and O–H groups in total. The molecular weight excluding hydrogens is 262 g/mol. The summed E-state index contributed by atoms with van der Waals surface area (Å²) in [5.74, 6) is 0. The van der Waals surface area contributed by atoms with Crippen LogP contribution in [0, 0.1) is 5.41 Å². The van der Waals surface area contributed by atoms with Crippen molar-refractivity contribution in [1.29, 1.82) is 0 Å². The van der Waals surface area contributed by atoms with Gasteiger partial charge < -0.3 is 10.6 Å². The van der Waals surface area contributed by atoms with Crippen molar-refractivity contribution in [3.05, 3.63) is 48.8 Å². The number of rotatable bonds is 3. The number of benzene rings is 1. The van der Waals surface area contributed by atoms with E-state index < -0.39 is 0 Å². The first kappa shape index (κ1) is 15.0. The van der Waals surface area contributed by atoms with Gasteiger partial charge in [-0.25, -0.2) is 4.79 Å². The molecule has 1 aromatic carbocycles. The van der Waals surface area contributed by atoms with Gasteiger partial charge in [0.1, 0.15) is 0 Å². The average Bonchev–Trinajstić information content (AvgIpc) is 2.46. The number of nitrogens with one attached hydrogen (secondary N) is 2. The first-order valence-electron chi connectivity index (χ1n) is 6.99. The summed E-state index contributed by atoms with van der Waals surface area (Å²) < 4.78 is 0. The van der Waals surface area contributed by atoms with Crippen LogP contribution in [-0.2, 0) is 0 Å². The zero-order chi connectivity index (χ0) is 15.3. The van der Waals surface area contributed by atoms with E-state index in [0.29, 0.717) is 12.2 Å². The molecule has 0 aliphatic heterocycles. The average molecular weight is 283 g/mol. The summed E-state index contributed by atoms with van der Waals surface area (Å²) in [6, 6.07) is 11.7. The molecule has 0 saturated carbocycles. The molecule has 2 rings (SSSR count). The minimum Gasteiger partial charge on any atom is -0.337 e. The van der Waals surface area contributed by atoms with E-state index in [0.717, 1.165) is 11.1 Å². The number of hydrogen-bond donors (Lipinski definition) is 2. The van der Waals surface area contributed by atoms with Crippen molar-refractivity contribution in [2.45, 2.75) is 20.8 Å². The summed E-state index contributed by atoms with van der Waals surface area (Å²) >= 11 is 0. The molecule has 4 nitrogen and oxygen atoms in total. The maximum Gasteiger partial charge on any atom is 0.319 e. The normalized spacial score (nSPS) is 11.0. The predicted molar refractivity (Wildman–Crippen MR) is 86.1 cm³/mol. The van der Waals surface area contributed by atoms with Crippen molar-refractivity contribution in [3.8, 4) is 11.1 Å². The Morgan fingerprint density at radius 2 is 1.81 bits per heavy atom. The molecule has 0 fully saturated rings. The second-order valence-electron chi connectivity index (χ2n) is 6.20. The molecule has 2 aromatic rings. The SMILES string of the molecule is CC(C)(C)CNC(=O)Nc1cncc(-c2ccccc2)c1. The third-order valence-corrected chi connectivity index (χ3v) is 2.88. The molecule has 110 valence electrons. The van der Waals surface area contributed by atoms with Crippen LogP contribution in [0.1, 0.15) is 20.8 Å². The molecule has 21 heavy (non-hydrogen) atoms. The van der Waals surface area contributed by atoms with Gasteiger partial charge in [-0.1, -0.05) is 51.1 Å². The van der Waals surface area contributed by atoms with Gasteiger partial charge in [-0.15, -0.1) is 0 Å². The summed E-state index contributed by atoms with van der Waals surface area (Å²) in [6.07, 6.45) is 3.43. The van der Waals surface area contributed by atoms with E-state index >= 15 is 0 Å². The lowest BCUT2D eigenvalue weighted by Gasteiger charge is -2.19. The number of anilines is 1. The van der Waals surface area contributed by atoms with Gasteiger partial charge in [-0.2, -0.15) is 0 Å². The second-order valence-corrected chi connectivity index (χ2v) is 6.20. The zero-order valence-corrected chi connectivity index (χ0v) is 12.7. The van der Waals surface area contributed by atoms with Crippen LogP contribution in [0.25, 0.3) is 11.1 Å². The number of carbonyl (C=O) groups is 1. The highest BCUT2D eigenvalue weighted by Crippen LogP contribution is 2.20. The highest BCUT2D eigenvalue weighted by atomic mass is 16.2. The van der Waals surface area contributed by atoms with Crippen LogP contribution >= 0.6 is 0 Å². The fraction of sp³-hybridized carbons (Fsp3) is 0.294. The van der Waals surface area contributed by atoms with E-state index in [1.165, 1.54) is 0 Å². The minimum absolute atomic E-state index is 0.0570. The Bertz CT molecular complexity index is 603. The first-order valence-corrected chi connectivity index (χ1v) is 6.99.